The average molecular weight is 383 g/mol. The van der Waals surface area contributed by atoms with E-state index in [9.17, 15) is 4.79 Å². The van der Waals surface area contributed by atoms with Gasteiger partial charge in [-0.05, 0) is 44.0 Å². The number of pyridine rings is 1. The summed E-state index contributed by atoms with van der Waals surface area (Å²) < 4.78 is 2.26. The molecule has 27 heavy (non-hydrogen) atoms. The topological polar surface area (TPSA) is 51.0 Å². The first-order valence-corrected chi connectivity index (χ1v) is 9.75. The van der Waals surface area contributed by atoms with Crippen LogP contribution >= 0.6 is 11.6 Å². The molecule has 0 N–H and O–H groups in total. The summed E-state index contributed by atoms with van der Waals surface area (Å²) in [4.78, 5) is 23.8. The van der Waals surface area contributed by atoms with Crippen molar-refractivity contribution in [3.05, 3.63) is 59.1 Å². The Morgan fingerprint density at radius 2 is 2.19 bits per heavy atom. The van der Waals surface area contributed by atoms with E-state index < -0.39 is 0 Å². The highest BCUT2D eigenvalue weighted by Gasteiger charge is 2.31. The van der Waals surface area contributed by atoms with Crippen LogP contribution in [0.4, 0.5) is 0 Å². The molecule has 0 saturated carbocycles. The molecule has 1 atom stereocenters. The van der Waals surface area contributed by atoms with Gasteiger partial charge in [0.2, 0.25) is 5.91 Å². The number of likely N-dealkylation sites (tertiary alicyclic amines) is 1. The van der Waals surface area contributed by atoms with Crippen molar-refractivity contribution in [1.29, 1.82) is 0 Å². The molecule has 1 aromatic carbocycles. The van der Waals surface area contributed by atoms with E-state index in [2.05, 4.69) is 23.4 Å². The molecule has 0 bridgehead atoms. The molecule has 1 aliphatic rings. The Labute approximate surface area is 164 Å². The molecule has 0 radical (unpaired) electrons. The normalized spacial score (nSPS) is 17.2. The van der Waals surface area contributed by atoms with Gasteiger partial charge in [0.25, 0.3) is 0 Å². The number of nitrogens with zero attached hydrogens (tertiary/aromatic N) is 4. The van der Waals surface area contributed by atoms with Crippen molar-refractivity contribution in [2.24, 2.45) is 0 Å². The largest absolute Gasteiger partial charge is 0.342 e. The van der Waals surface area contributed by atoms with Crippen LogP contribution in [0.5, 0.6) is 0 Å². The van der Waals surface area contributed by atoms with Crippen LogP contribution in [0.3, 0.4) is 0 Å². The summed E-state index contributed by atoms with van der Waals surface area (Å²) in [6.45, 7) is 5.80. The maximum Gasteiger partial charge on any atom is 0.227 e. The van der Waals surface area contributed by atoms with Crippen molar-refractivity contribution >= 4 is 28.5 Å². The quantitative estimate of drug-likeness (QED) is 0.678. The first-order chi connectivity index (χ1) is 13.0. The summed E-state index contributed by atoms with van der Waals surface area (Å²) in [5.41, 5.74) is 2.99. The number of fused-ring (bicyclic) bond motifs is 1. The molecule has 0 aliphatic carbocycles. The first-order valence-electron chi connectivity index (χ1n) is 9.37. The third-order valence-electron chi connectivity index (χ3n) is 5.19. The number of halogens is 1. The number of carbonyl (C=O) groups excluding carboxylic acids is 1. The van der Waals surface area contributed by atoms with E-state index in [0.29, 0.717) is 24.0 Å². The van der Waals surface area contributed by atoms with Crippen molar-refractivity contribution in [2.45, 2.75) is 38.6 Å². The number of aromatic nitrogens is 3. The minimum absolute atomic E-state index is 0.147. The minimum Gasteiger partial charge on any atom is -0.342 e. The molecule has 2 aromatic heterocycles. The molecular weight excluding hydrogens is 360 g/mol. The van der Waals surface area contributed by atoms with Gasteiger partial charge in [0.1, 0.15) is 5.82 Å². The van der Waals surface area contributed by atoms with Gasteiger partial charge >= 0.3 is 0 Å². The molecule has 1 saturated heterocycles. The number of imidazole rings is 1. The van der Waals surface area contributed by atoms with Crippen LogP contribution in [0.2, 0.25) is 5.02 Å². The molecule has 1 amide bonds. The molecule has 3 heterocycles. The highest BCUT2D eigenvalue weighted by atomic mass is 35.5. The lowest BCUT2D eigenvalue weighted by molar-refractivity contribution is -0.129. The predicted octanol–water partition coefficient (Wildman–Crippen LogP) is 4.22. The molecule has 0 spiro atoms. The van der Waals surface area contributed by atoms with Crippen LogP contribution in [0.25, 0.3) is 11.0 Å². The minimum atomic E-state index is 0.147. The smallest absolute Gasteiger partial charge is 0.227 e. The van der Waals surface area contributed by atoms with Crippen molar-refractivity contribution in [1.82, 2.24) is 19.4 Å². The number of carbonyl (C=O) groups is 1. The zero-order chi connectivity index (χ0) is 19.0. The fourth-order valence-corrected chi connectivity index (χ4v) is 4.13. The summed E-state index contributed by atoms with van der Waals surface area (Å²) in [5, 5.41) is 0.666. The summed E-state index contributed by atoms with van der Waals surface area (Å²) in [5.74, 6) is 1.46. The van der Waals surface area contributed by atoms with Gasteiger partial charge in [-0.2, -0.15) is 0 Å². The summed E-state index contributed by atoms with van der Waals surface area (Å²) in [7, 11) is 0. The van der Waals surface area contributed by atoms with E-state index in [4.69, 9.17) is 16.6 Å². The average Bonchev–Trinajstić information content (AvgIpc) is 3.26. The lowest BCUT2D eigenvalue weighted by Crippen LogP contribution is -2.30. The van der Waals surface area contributed by atoms with Gasteiger partial charge in [-0.3, -0.25) is 9.78 Å². The summed E-state index contributed by atoms with van der Waals surface area (Å²) in [6.07, 6.45) is 4.98. The second kappa shape index (κ2) is 7.31. The van der Waals surface area contributed by atoms with E-state index >= 15 is 0 Å². The van der Waals surface area contributed by atoms with Crippen molar-refractivity contribution in [2.75, 3.05) is 13.1 Å². The maximum atomic E-state index is 12.7. The molecule has 140 valence electrons. The number of amides is 1. The molecule has 4 rings (SSSR count). The van der Waals surface area contributed by atoms with Gasteiger partial charge in [-0.15, -0.1) is 0 Å². The van der Waals surface area contributed by atoms with Crippen LogP contribution in [-0.4, -0.2) is 38.4 Å². The van der Waals surface area contributed by atoms with Gasteiger partial charge in [0.05, 0.1) is 23.7 Å². The third-order valence-corrected chi connectivity index (χ3v) is 5.42. The van der Waals surface area contributed by atoms with Crippen molar-refractivity contribution < 1.29 is 4.79 Å². The highest BCUT2D eigenvalue weighted by molar-refractivity contribution is 6.30. The molecular formula is C21H23ClN4O. The second-order valence-electron chi connectivity index (χ2n) is 7.43. The van der Waals surface area contributed by atoms with Gasteiger partial charge in [0, 0.05) is 36.3 Å². The maximum absolute atomic E-state index is 12.7. The third kappa shape index (κ3) is 3.56. The van der Waals surface area contributed by atoms with E-state index in [0.717, 1.165) is 35.4 Å². The van der Waals surface area contributed by atoms with Gasteiger partial charge < -0.3 is 9.47 Å². The molecule has 1 aliphatic heterocycles. The van der Waals surface area contributed by atoms with E-state index in [-0.39, 0.29) is 11.8 Å². The van der Waals surface area contributed by atoms with Crippen molar-refractivity contribution in [3.63, 3.8) is 0 Å². The van der Waals surface area contributed by atoms with Gasteiger partial charge in [-0.1, -0.05) is 23.7 Å². The molecule has 6 heteroatoms. The fourth-order valence-electron chi connectivity index (χ4n) is 3.92. The highest BCUT2D eigenvalue weighted by Crippen LogP contribution is 2.31. The molecule has 5 nitrogen and oxygen atoms in total. The first kappa shape index (κ1) is 18.0. The Morgan fingerprint density at radius 1 is 1.33 bits per heavy atom. The number of benzene rings is 1. The molecule has 0 unspecified atom stereocenters. The molecule has 3 aromatic rings. The van der Waals surface area contributed by atoms with Crippen LogP contribution < -0.4 is 0 Å². The Kier molecular flexibility index (Phi) is 4.87. The van der Waals surface area contributed by atoms with Crippen LogP contribution in [0, 0.1) is 0 Å². The Hall–Kier alpha value is -2.40. The zero-order valence-electron chi connectivity index (χ0n) is 15.6. The summed E-state index contributed by atoms with van der Waals surface area (Å²) in [6, 6.07) is 9.77. The van der Waals surface area contributed by atoms with E-state index in [1.165, 1.54) is 0 Å². The zero-order valence-corrected chi connectivity index (χ0v) is 16.4. The number of hydrogen-bond donors (Lipinski definition) is 0. The van der Waals surface area contributed by atoms with Crippen LogP contribution in [0.1, 0.15) is 43.6 Å². The Bertz CT molecular complexity index is 981. The lowest BCUT2D eigenvalue weighted by atomic mass is 10.1. The summed E-state index contributed by atoms with van der Waals surface area (Å²) >= 11 is 6.04. The van der Waals surface area contributed by atoms with Gasteiger partial charge in [-0.25, -0.2) is 4.98 Å². The predicted molar refractivity (Wildman–Crippen MR) is 107 cm³/mol. The Balaban J connectivity index is 1.53. The van der Waals surface area contributed by atoms with E-state index in [1.807, 2.05) is 41.4 Å². The van der Waals surface area contributed by atoms with Crippen molar-refractivity contribution in [3.8, 4) is 0 Å². The SMILES string of the molecule is CC(C)n1c([C@H]2CCN(C(=O)Cc3cccc(Cl)c3)C2)nc2ccncc21. The van der Waals surface area contributed by atoms with Crippen LogP contribution in [0.15, 0.2) is 42.7 Å². The van der Waals surface area contributed by atoms with Gasteiger partial charge in [0.15, 0.2) is 0 Å². The molecule has 1 fully saturated rings. The number of rotatable bonds is 4. The fraction of sp³-hybridized carbons (Fsp3) is 0.381. The lowest BCUT2D eigenvalue weighted by Gasteiger charge is -2.19. The standard InChI is InChI=1S/C21H23ClN4O/c1-14(2)26-19-12-23-8-6-18(19)24-21(26)16-7-9-25(13-16)20(27)11-15-4-3-5-17(22)10-15/h3-6,8,10,12,14,16H,7,9,11,13H2,1-2H3/t16-/m0/s1. The second-order valence-corrected chi connectivity index (χ2v) is 7.87. The monoisotopic (exact) mass is 382 g/mol. The van der Waals surface area contributed by atoms with Crippen LogP contribution in [-0.2, 0) is 11.2 Å². The Morgan fingerprint density at radius 3 is 2.96 bits per heavy atom. The number of hydrogen-bond acceptors (Lipinski definition) is 3. The van der Waals surface area contributed by atoms with E-state index in [1.54, 1.807) is 6.20 Å².